The highest BCUT2D eigenvalue weighted by atomic mass is 35.5. The number of rotatable bonds is 3. The Labute approximate surface area is 139 Å². The Morgan fingerprint density at radius 1 is 1.17 bits per heavy atom. The zero-order chi connectivity index (χ0) is 16.2. The summed E-state index contributed by atoms with van der Waals surface area (Å²) in [5.41, 5.74) is -0.269. The van der Waals surface area contributed by atoms with E-state index in [9.17, 15) is 14.9 Å². The molecule has 0 saturated heterocycles. The Morgan fingerprint density at radius 2 is 1.74 bits per heavy atom. The van der Waals surface area contributed by atoms with E-state index in [2.05, 4.69) is 5.32 Å². The van der Waals surface area contributed by atoms with Crippen LogP contribution in [0.4, 0.5) is 5.69 Å². The van der Waals surface area contributed by atoms with E-state index in [0.29, 0.717) is 17.8 Å². The molecule has 0 aliphatic heterocycles. The first-order valence-corrected chi connectivity index (χ1v) is 8.58. The molecule has 1 amide bonds. The first-order valence-electron chi connectivity index (χ1n) is 8.20. The summed E-state index contributed by atoms with van der Waals surface area (Å²) < 4.78 is 0. The quantitative estimate of drug-likeness (QED) is 0.672. The van der Waals surface area contributed by atoms with Gasteiger partial charge in [0.1, 0.15) is 5.56 Å². The topological polar surface area (TPSA) is 72.2 Å². The van der Waals surface area contributed by atoms with Gasteiger partial charge in [-0.1, -0.05) is 11.6 Å². The molecule has 0 unspecified atom stereocenters. The second-order valence-electron chi connectivity index (χ2n) is 7.57. The van der Waals surface area contributed by atoms with Crippen molar-refractivity contribution in [3.63, 3.8) is 0 Å². The third-order valence-corrected chi connectivity index (χ3v) is 6.05. The van der Waals surface area contributed by atoms with Crippen molar-refractivity contribution < 1.29 is 9.72 Å². The Balaban J connectivity index is 1.60. The van der Waals surface area contributed by atoms with E-state index in [-0.39, 0.29) is 27.7 Å². The van der Waals surface area contributed by atoms with Crippen molar-refractivity contribution in [2.75, 3.05) is 0 Å². The molecule has 4 saturated carbocycles. The molecule has 23 heavy (non-hydrogen) atoms. The molecular weight excluding hydrogens is 316 g/mol. The number of nitro groups is 1. The van der Waals surface area contributed by atoms with Gasteiger partial charge in [0, 0.05) is 16.6 Å². The molecule has 6 heteroatoms. The smallest absolute Gasteiger partial charge is 0.283 e. The molecule has 0 spiro atoms. The zero-order valence-electron chi connectivity index (χ0n) is 12.8. The minimum absolute atomic E-state index is 0.107. The van der Waals surface area contributed by atoms with Crippen LogP contribution in [-0.2, 0) is 0 Å². The van der Waals surface area contributed by atoms with Crippen LogP contribution in [0, 0.1) is 27.9 Å². The molecule has 4 aliphatic carbocycles. The molecule has 5 rings (SSSR count). The predicted octanol–water partition coefficient (Wildman–Crippen LogP) is 3.95. The normalized spacial score (nSPS) is 34.4. The number of amides is 1. The minimum atomic E-state index is -0.541. The van der Waals surface area contributed by atoms with E-state index in [0.717, 1.165) is 19.3 Å². The Morgan fingerprint density at radius 3 is 2.26 bits per heavy atom. The summed E-state index contributed by atoms with van der Waals surface area (Å²) >= 11 is 5.83. The average Bonchev–Trinajstić information content (AvgIpc) is 2.44. The standard InChI is InChI=1S/C17H19ClN2O3/c18-13-1-2-14(15(6-13)20(22)23)16(21)19-17-7-10-3-11(8-17)5-12(4-10)9-17/h1-2,6,10-12H,3-5,7-9H2,(H,19,21). The number of nitrogens with zero attached hydrogens (tertiary/aromatic N) is 1. The molecule has 0 radical (unpaired) electrons. The van der Waals surface area contributed by atoms with Crippen molar-refractivity contribution >= 4 is 23.2 Å². The highest BCUT2D eigenvalue weighted by molar-refractivity contribution is 6.31. The second-order valence-corrected chi connectivity index (χ2v) is 8.01. The maximum absolute atomic E-state index is 12.7. The van der Waals surface area contributed by atoms with Crippen LogP contribution in [0.25, 0.3) is 0 Å². The van der Waals surface area contributed by atoms with Crippen LogP contribution in [0.15, 0.2) is 18.2 Å². The van der Waals surface area contributed by atoms with Gasteiger partial charge in [-0.05, 0) is 68.4 Å². The van der Waals surface area contributed by atoms with Gasteiger partial charge in [0.15, 0.2) is 0 Å². The van der Waals surface area contributed by atoms with Gasteiger partial charge in [0.25, 0.3) is 11.6 Å². The number of hydrogen-bond donors (Lipinski definition) is 1. The van der Waals surface area contributed by atoms with Crippen LogP contribution in [-0.4, -0.2) is 16.4 Å². The summed E-state index contributed by atoms with van der Waals surface area (Å²) in [5, 5.41) is 14.6. The lowest BCUT2D eigenvalue weighted by Gasteiger charge is -2.56. The van der Waals surface area contributed by atoms with Gasteiger partial charge < -0.3 is 5.32 Å². The van der Waals surface area contributed by atoms with Crippen molar-refractivity contribution in [1.29, 1.82) is 0 Å². The van der Waals surface area contributed by atoms with Gasteiger partial charge in [-0.25, -0.2) is 0 Å². The van der Waals surface area contributed by atoms with Crippen LogP contribution >= 0.6 is 11.6 Å². The van der Waals surface area contributed by atoms with Gasteiger partial charge in [0.05, 0.1) is 4.92 Å². The zero-order valence-corrected chi connectivity index (χ0v) is 13.5. The van der Waals surface area contributed by atoms with Gasteiger partial charge in [0.2, 0.25) is 0 Å². The monoisotopic (exact) mass is 334 g/mol. The van der Waals surface area contributed by atoms with Crippen LogP contribution in [0.5, 0.6) is 0 Å². The van der Waals surface area contributed by atoms with Crippen LogP contribution in [0.2, 0.25) is 5.02 Å². The molecule has 1 aromatic rings. The number of hydrogen-bond acceptors (Lipinski definition) is 3. The third-order valence-electron chi connectivity index (χ3n) is 5.82. The van der Waals surface area contributed by atoms with E-state index in [1.165, 1.54) is 37.5 Å². The summed E-state index contributed by atoms with van der Waals surface area (Å²) in [4.78, 5) is 23.4. The number of nitro benzene ring substituents is 1. The average molecular weight is 335 g/mol. The summed E-state index contributed by atoms with van der Waals surface area (Å²) in [6.07, 6.45) is 6.92. The van der Waals surface area contributed by atoms with E-state index >= 15 is 0 Å². The lowest BCUT2D eigenvalue weighted by Crippen LogP contribution is -2.59. The number of carbonyl (C=O) groups excluding carboxylic acids is 1. The summed E-state index contributed by atoms with van der Waals surface area (Å²) in [6.45, 7) is 0. The van der Waals surface area contributed by atoms with Gasteiger partial charge in [-0.15, -0.1) is 0 Å². The van der Waals surface area contributed by atoms with E-state index in [1.54, 1.807) is 0 Å². The van der Waals surface area contributed by atoms with E-state index in [4.69, 9.17) is 11.6 Å². The number of benzene rings is 1. The van der Waals surface area contributed by atoms with E-state index in [1.807, 2.05) is 0 Å². The molecule has 0 aromatic heterocycles. The Bertz CT molecular complexity index is 653. The molecule has 4 fully saturated rings. The van der Waals surface area contributed by atoms with Gasteiger partial charge in [-0.2, -0.15) is 0 Å². The van der Waals surface area contributed by atoms with Crippen LogP contribution in [0.1, 0.15) is 48.9 Å². The largest absolute Gasteiger partial charge is 0.346 e. The fourth-order valence-corrected chi connectivity index (χ4v) is 5.59. The lowest BCUT2D eigenvalue weighted by molar-refractivity contribution is -0.385. The van der Waals surface area contributed by atoms with Gasteiger partial charge >= 0.3 is 0 Å². The molecule has 1 aromatic carbocycles. The molecule has 0 heterocycles. The highest BCUT2D eigenvalue weighted by Gasteiger charge is 2.51. The summed E-state index contributed by atoms with van der Waals surface area (Å²) in [6, 6.07) is 4.23. The number of halogens is 1. The van der Waals surface area contributed by atoms with Crippen molar-refractivity contribution in [1.82, 2.24) is 5.32 Å². The summed E-state index contributed by atoms with van der Waals surface area (Å²) in [5.74, 6) is 1.79. The minimum Gasteiger partial charge on any atom is -0.346 e. The van der Waals surface area contributed by atoms with Crippen LogP contribution < -0.4 is 5.32 Å². The Hall–Kier alpha value is -1.62. The number of carbonyl (C=O) groups is 1. The predicted molar refractivity (Wildman–Crippen MR) is 86.5 cm³/mol. The lowest BCUT2D eigenvalue weighted by atomic mass is 9.53. The van der Waals surface area contributed by atoms with Crippen molar-refractivity contribution in [3.05, 3.63) is 38.9 Å². The SMILES string of the molecule is O=C(NC12CC3CC(CC(C3)C1)C2)c1ccc(Cl)cc1[N+](=O)[O-]. The molecule has 122 valence electrons. The molecule has 5 nitrogen and oxygen atoms in total. The second kappa shape index (κ2) is 5.20. The Kier molecular flexibility index (Phi) is 3.38. The summed E-state index contributed by atoms with van der Waals surface area (Å²) in [7, 11) is 0. The molecule has 4 bridgehead atoms. The van der Waals surface area contributed by atoms with Crippen molar-refractivity contribution in [2.45, 2.75) is 44.1 Å². The maximum atomic E-state index is 12.7. The first-order chi connectivity index (χ1) is 10.9. The van der Waals surface area contributed by atoms with Crippen molar-refractivity contribution in [3.8, 4) is 0 Å². The first kappa shape index (κ1) is 14.9. The molecule has 1 N–H and O–H groups in total. The van der Waals surface area contributed by atoms with Crippen LogP contribution in [0.3, 0.4) is 0 Å². The fraction of sp³-hybridized carbons (Fsp3) is 0.588. The molecular formula is C17H19ClN2O3. The van der Waals surface area contributed by atoms with E-state index < -0.39 is 4.92 Å². The highest BCUT2D eigenvalue weighted by Crippen LogP contribution is 2.55. The van der Waals surface area contributed by atoms with Crippen molar-refractivity contribution in [2.24, 2.45) is 17.8 Å². The fourth-order valence-electron chi connectivity index (χ4n) is 5.42. The third kappa shape index (κ3) is 2.61. The number of nitrogens with one attached hydrogen (secondary N) is 1. The molecule has 4 aliphatic rings. The van der Waals surface area contributed by atoms with Gasteiger partial charge in [-0.3, -0.25) is 14.9 Å². The maximum Gasteiger partial charge on any atom is 0.283 e. The molecule has 0 atom stereocenters.